The van der Waals surface area contributed by atoms with E-state index in [1.54, 1.807) is 5.56 Å². The molecule has 1 heteroatoms. The first-order chi connectivity index (χ1) is 10.6. The van der Waals surface area contributed by atoms with Gasteiger partial charge < -0.3 is 0 Å². The first-order valence-corrected chi connectivity index (χ1v) is 9.17. The fraction of sp³-hybridized carbons (Fsp3) is 0.667. The first kappa shape index (κ1) is 14.5. The van der Waals surface area contributed by atoms with Crippen molar-refractivity contribution in [2.45, 2.75) is 64.2 Å². The minimum Gasteiger partial charge on any atom is -0.299 e. The molecule has 4 aliphatic rings. The third-order valence-electron chi connectivity index (χ3n) is 7.37. The van der Waals surface area contributed by atoms with Crippen molar-refractivity contribution in [2.24, 2.45) is 23.2 Å². The van der Waals surface area contributed by atoms with Gasteiger partial charge in [-0.1, -0.05) is 43.7 Å². The Balaban J connectivity index is 1.80. The van der Waals surface area contributed by atoms with Gasteiger partial charge in [0, 0.05) is 10.8 Å². The summed E-state index contributed by atoms with van der Waals surface area (Å²) in [7, 11) is 0. The van der Waals surface area contributed by atoms with Crippen LogP contribution in [-0.4, -0.2) is 5.78 Å². The van der Waals surface area contributed by atoms with E-state index in [1.165, 1.54) is 32.1 Å². The lowest BCUT2D eigenvalue weighted by Crippen LogP contribution is -2.60. The summed E-state index contributed by atoms with van der Waals surface area (Å²) in [5.41, 5.74) is 1.96. The molecule has 2 atom stereocenters. The second kappa shape index (κ2) is 4.94. The molecule has 0 spiro atoms. The molecular formula is C21H28O. The van der Waals surface area contributed by atoms with Crippen molar-refractivity contribution in [3.8, 4) is 0 Å². The van der Waals surface area contributed by atoms with Crippen LogP contribution in [0.3, 0.4) is 0 Å². The molecule has 0 amide bonds. The number of benzene rings is 1. The summed E-state index contributed by atoms with van der Waals surface area (Å²) < 4.78 is 0. The van der Waals surface area contributed by atoms with E-state index in [4.69, 9.17) is 0 Å². The van der Waals surface area contributed by atoms with Crippen LogP contribution in [0.4, 0.5) is 0 Å². The van der Waals surface area contributed by atoms with Crippen LogP contribution in [0.25, 0.3) is 0 Å². The quantitative estimate of drug-likeness (QED) is 0.752. The lowest BCUT2D eigenvalue weighted by molar-refractivity contribution is -0.154. The van der Waals surface area contributed by atoms with Gasteiger partial charge in [0.25, 0.3) is 0 Å². The van der Waals surface area contributed by atoms with Gasteiger partial charge in [0.15, 0.2) is 0 Å². The van der Waals surface area contributed by atoms with E-state index < -0.39 is 0 Å². The first-order valence-electron chi connectivity index (χ1n) is 9.17. The molecule has 1 aromatic carbocycles. The van der Waals surface area contributed by atoms with Crippen LogP contribution in [0.15, 0.2) is 30.3 Å². The minimum atomic E-state index is 0.0442. The van der Waals surface area contributed by atoms with Crippen LogP contribution < -0.4 is 0 Å². The Morgan fingerprint density at radius 3 is 2.27 bits per heavy atom. The van der Waals surface area contributed by atoms with E-state index >= 15 is 0 Å². The van der Waals surface area contributed by atoms with E-state index in [1.807, 2.05) is 6.92 Å². The van der Waals surface area contributed by atoms with Gasteiger partial charge in [-0.05, 0) is 68.8 Å². The molecule has 4 aliphatic carbocycles. The molecule has 2 unspecified atom stereocenters. The number of carbonyl (C=O) groups is 1. The van der Waals surface area contributed by atoms with Gasteiger partial charge in [0.2, 0.25) is 0 Å². The molecule has 118 valence electrons. The number of ketones is 1. The van der Waals surface area contributed by atoms with Gasteiger partial charge in [-0.15, -0.1) is 0 Å². The van der Waals surface area contributed by atoms with Gasteiger partial charge in [-0.25, -0.2) is 0 Å². The standard InChI is InChI=1S/C21H28O/c1-3-9-21(17-7-5-4-6-8-17)18-10-16-11-19(21)14-20(12-16,13-18)15(2)22/h4-8,16,18-19H,3,9-14H2,1-2H3. The highest BCUT2D eigenvalue weighted by Crippen LogP contribution is 2.68. The molecule has 4 saturated carbocycles. The third-order valence-corrected chi connectivity index (χ3v) is 7.37. The third kappa shape index (κ3) is 1.80. The smallest absolute Gasteiger partial charge is 0.135 e. The number of Topliss-reactive ketones (excluding diaryl/α,β-unsaturated/α-hetero) is 1. The summed E-state index contributed by atoms with van der Waals surface area (Å²) in [5.74, 6) is 2.75. The summed E-state index contributed by atoms with van der Waals surface area (Å²) in [6.45, 7) is 4.19. The van der Waals surface area contributed by atoms with E-state index in [2.05, 4.69) is 37.3 Å². The Labute approximate surface area is 134 Å². The number of hydrogen-bond acceptors (Lipinski definition) is 1. The van der Waals surface area contributed by atoms with Crippen LogP contribution >= 0.6 is 0 Å². The number of hydrogen-bond donors (Lipinski definition) is 0. The molecule has 4 bridgehead atoms. The molecule has 0 N–H and O–H groups in total. The van der Waals surface area contributed by atoms with Crippen molar-refractivity contribution < 1.29 is 4.79 Å². The summed E-state index contributed by atoms with van der Waals surface area (Å²) >= 11 is 0. The summed E-state index contributed by atoms with van der Waals surface area (Å²) in [6, 6.07) is 11.3. The monoisotopic (exact) mass is 296 g/mol. The number of rotatable bonds is 4. The van der Waals surface area contributed by atoms with Crippen LogP contribution in [0.2, 0.25) is 0 Å². The van der Waals surface area contributed by atoms with Crippen molar-refractivity contribution in [3.63, 3.8) is 0 Å². The Bertz CT molecular complexity index is 557. The van der Waals surface area contributed by atoms with E-state index in [9.17, 15) is 4.79 Å². The van der Waals surface area contributed by atoms with Crippen LogP contribution in [0, 0.1) is 23.2 Å². The van der Waals surface area contributed by atoms with E-state index in [-0.39, 0.29) is 5.41 Å². The zero-order chi connectivity index (χ0) is 15.4. The Kier molecular flexibility index (Phi) is 3.25. The van der Waals surface area contributed by atoms with E-state index in [0.29, 0.717) is 11.2 Å². The fourth-order valence-corrected chi connectivity index (χ4v) is 6.72. The highest BCUT2D eigenvalue weighted by molar-refractivity contribution is 5.83. The molecule has 1 aromatic rings. The lowest BCUT2D eigenvalue weighted by Gasteiger charge is -2.65. The predicted octanol–water partition coefficient (Wildman–Crippen LogP) is 5.14. The van der Waals surface area contributed by atoms with Gasteiger partial charge in [0.05, 0.1) is 0 Å². The van der Waals surface area contributed by atoms with Crippen LogP contribution in [0.5, 0.6) is 0 Å². The van der Waals surface area contributed by atoms with Crippen molar-refractivity contribution in [1.82, 2.24) is 0 Å². The molecule has 0 aromatic heterocycles. The fourth-order valence-electron chi connectivity index (χ4n) is 6.72. The molecular weight excluding hydrogens is 268 g/mol. The molecule has 1 nitrogen and oxygen atoms in total. The maximum absolute atomic E-state index is 12.4. The predicted molar refractivity (Wildman–Crippen MR) is 89.7 cm³/mol. The lowest BCUT2D eigenvalue weighted by atomic mass is 9.38. The molecule has 0 aliphatic heterocycles. The zero-order valence-electron chi connectivity index (χ0n) is 14.0. The van der Waals surface area contributed by atoms with Gasteiger partial charge in [0.1, 0.15) is 5.78 Å². The average molecular weight is 296 g/mol. The number of carbonyl (C=O) groups excluding carboxylic acids is 1. The zero-order valence-corrected chi connectivity index (χ0v) is 14.0. The van der Waals surface area contributed by atoms with Crippen LogP contribution in [-0.2, 0) is 10.2 Å². The van der Waals surface area contributed by atoms with E-state index in [0.717, 1.165) is 30.6 Å². The van der Waals surface area contributed by atoms with Crippen molar-refractivity contribution in [1.29, 1.82) is 0 Å². The van der Waals surface area contributed by atoms with Gasteiger partial charge in [-0.2, -0.15) is 0 Å². The second-order valence-electron chi connectivity index (χ2n) is 8.34. The summed E-state index contributed by atoms with van der Waals surface area (Å²) in [5, 5.41) is 0. The normalized spacial score (nSPS) is 42.5. The summed E-state index contributed by atoms with van der Waals surface area (Å²) in [4.78, 5) is 12.4. The topological polar surface area (TPSA) is 17.1 Å². The Hall–Kier alpha value is -1.11. The minimum absolute atomic E-state index is 0.0442. The molecule has 0 radical (unpaired) electrons. The average Bonchev–Trinajstić information content (AvgIpc) is 2.51. The maximum atomic E-state index is 12.4. The highest BCUT2D eigenvalue weighted by atomic mass is 16.1. The second-order valence-corrected chi connectivity index (χ2v) is 8.34. The molecule has 22 heavy (non-hydrogen) atoms. The molecule has 0 heterocycles. The molecule has 0 saturated heterocycles. The van der Waals surface area contributed by atoms with Crippen molar-refractivity contribution in [3.05, 3.63) is 35.9 Å². The molecule has 4 fully saturated rings. The van der Waals surface area contributed by atoms with Crippen molar-refractivity contribution >= 4 is 5.78 Å². The van der Waals surface area contributed by atoms with Gasteiger partial charge in [-0.3, -0.25) is 4.79 Å². The maximum Gasteiger partial charge on any atom is 0.135 e. The largest absolute Gasteiger partial charge is 0.299 e. The highest BCUT2D eigenvalue weighted by Gasteiger charge is 2.63. The summed E-state index contributed by atoms with van der Waals surface area (Å²) in [6.07, 6.45) is 8.77. The molecule has 5 rings (SSSR count). The van der Waals surface area contributed by atoms with Gasteiger partial charge >= 0.3 is 0 Å². The Morgan fingerprint density at radius 2 is 1.73 bits per heavy atom. The SMILES string of the molecule is CCCC1(c2ccccc2)C2CC3CC1CC(C(C)=O)(C3)C2. The van der Waals surface area contributed by atoms with Crippen molar-refractivity contribution in [2.75, 3.05) is 0 Å². The van der Waals surface area contributed by atoms with Crippen LogP contribution in [0.1, 0.15) is 64.4 Å². The Morgan fingerprint density at radius 1 is 1.09 bits per heavy atom.